The first-order valence-electron chi connectivity index (χ1n) is 8.51. The summed E-state index contributed by atoms with van der Waals surface area (Å²) in [4.78, 5) is 28.8. The van der Waals surface area contributed by atoms with Gasteiger partial charge in [0.1, 0.15) is 0 Å². The van der Waals surface area contributed by atoms with Gasteiger partial charge >= 0.3 is 0 Å². The number of amides is 2. The van der Waals surface area contributed by atoms with Gasteiger partial charge in [-0.05, 0) is 38.5 Å². The standard InChI is InChI=1S/C18H26N2O2/c1-2-12-20-16(21)8-10-18(20)9-5-13-19(14-11-18)17(22)15-6-3-4-7-15/h2-4,15H,1,5-14H2/t18-/m1/s1. The van der Waals surface area contributed by atoms with Crippen LogP contribution < -0.4 is 0 Å². The van der Waals surface area contributed by atoms with Crippen molar-refractivity contribution in [3.05, 3.63) is 24.8 Å². The monoisotopic (exact) mass is 302 g/mol. The maximum absolute atomic E-state index is 12.6. The number of nitrogens with zero attached hydrogens (tertiary/aromatic N) is 2. The molecule has 3 rings (SSSR count). The van der Waals surface area contributed by atoms with Gasteiger partial charge in [-0.25, -0.2) is 0 Å². The second-order valence-electron chi connectivity index (χ2n) is 6.84. The van der Waals surface area contributed by atoms with Crippen molar-refractivity contribution in [1.29, 1.82) is 0 Å². The van der Waals surface area contributed by atoms with Crippen LogP contribution >= 0.6 is 0 Å². The van der Waals surface area contributed by atoms with Gasteiger partial charge in [-0.2, -0.15) is 0 Å². The fourth-order valence-electron chi connectivity index (χ4n) is 4.29. The summed E-state index contributed by atoms with van der Waals surface area (Å²) >= 11 is 0. The summed E-state index contributed by atoms with van der Waals surface area (Å²) in [5.41, 5.74) is -0.0335. The zero-order valence-corrected chi connectivity index (χ0v) is 13.3. The molecule has 2 saturated heterocycles. The molecule has 4 nitrogen and oxygen atoms in total. The Morgan fingerprint density at radius 2 is 2.05 bits per heavy atom. The molecule has 1 atom stereocenters. The molecule has 3 aliphatic rings. The van der Waals surface area contributed by atoms with E-state index in [2.05, 4.69) is 18.7 Å². The van der Waals surface area contributed by atoms with E-state index >= 15 is 0 Å². The van der Waals surface area contributed by atoms with Crippen molar-refractivity contribution in [2.75, 3.05) is 19.6 Å². The molecule has 120 valence electrons. The third kappa shape index (κ3) is 2.71. The summed E-state index contributed by atoms with van der Waals surface area (Å²) in [7, 11) is 0. The number of rotatable bonds is 3. The van der Waals surface area contributed by atoms with E-state index in [-0.39, 0.29) is 17.4 Å². The van der Waals surface area contributed by atoms with Gasteiger partial charge in [0.15, 0.2) is 0 Å². The van der Waals surface area contributed by atoms with E-state index in [0.717, 1.165) is 51.6 Å². The van der Waals surface area contributed by atoms with E-state index in [4.69, 9.17) is 0 Å². The van der Waals surface area contributed by atoms with Gasteiger partial charge in [-0.15, -0.1) is 6.58 Å². The van der Waals surface area contributed by atoms with Gasteiger partial charge in [0.2, 0.25) is 11.8 Å². The van der Waals surface area contributed by atoms with Crippen molar-refractivity contribution in [2.45, 2.75) is 50.5 Å². The van der Waals surface area contributed by atoms with Crippen LogP contribution in [0.2, 0.25) is 0 Å². The molecule has 22 heavy (non-hydrogen) atoms. The van der Waals surface area contributed by atoms with Crippen molar-refractivity contribution in [3.63, 3.8) is 0 Å². The molecule has 0 bridgehead atoms. The number of carbonyl (C=O) groups excluding carboxylic acids is 2. The second kappa shape index (κ2) is 6.27. The van der Waals surface area contributed by atoms with Crippen LogP contribution in [0.15, 0.2) is 24.8 Å². The van der Waals surface area contributed by atoms with Gasteiger partial charge in [0, 0.05) is 37.5 Å². The number of likely N-dealkylation sites (tertiary alicyclic amines) is 2. The molecule has 2 amide bonds. The summed E-state index contributed by atoms with van der Waals surface area (Å²) in [6, 6.07) is 0. The van der Waals surface area contributed by atoms with Crippen LogP contribution in [0.5, 0.6) is 0 Å². The van der Waals surface area contributed by atoms with E-state index in [0.29, 0.717) is 18.9 Å². The SMILES string of the molecule is C=CCN1C(=O)CC[C@@]12CCCN(C(=O)C1CC=CC1)CC2. The van der Waals surface area contributed by atoms with Crippen LogP contribution in [0.25, 0.3) is 0 Å². The summed E-state index contributed by atoms with van der Waals surface area (Å²) in [6.45, 7) is 6.06. The molecule has 1 aliphatic carbocycles. The lowest BCUT2D eigenvalue weighted by molar-refractivity contribution is -0.135. The summed E-state index contributed by atoms with van der Waals surface area (Å²) in [5, 5.41) is 0. The van der Waals surface area contributed by atoms with Crippen LogP contribution in [0.3, 0.4) is 0 Å². The number of hydrogen-bond donors (Lipinski definition) is 0. The van der Waals surface area contributed by atoms with Gasteiger partial charge in [-0.1, -0.05) is 18.2 Å². The Bertz CT molecular complexity index is 491. The Morgan fingerprint density at radius 1 is 1.27 bits per heavy atom. The molecule has 0 radical (unpaired) electrons. The maximum atomic E-state index is 12.6. The Balaban J connectivity index is 1.67. The Labute approximate surface area is 132 Å². The Kier molecular flexibility index (Phi) is 4.37. The molecule has 2 fully saturated rings. The van der Waals surface area contributed by atoms with Crippen molar-refractivity contribution in [2.24, 2.45) is 5.92 Å². The Hall–Kier alpha value is -1.58. The zero-order valence-electron chi connectivity index (χ0n) is 13.3. The number of carbonyl (C=O) groups is 2. The lowest BCUT2D eigenvalue weighted by Crippen LogP contribution is -2.46. The number of hydrogen-bond acceptors (Lipinski definition) is 2. The fraction of sp³-hybridized carbons (Fsp3) is 0.667. The molecule has 0 aromatic carbocycles. The van der Waals surface area contributed by atoms with E-state index < -0.39 is 0 Å². The molecule has 2 aliphatic heterocycles. The van der Waals surface area contributed by atoms with E-state index in [1.54, 1.807) is 0 Å². The van der Waals surface area contributed by atoms with Crippen LogP contribution in [-0.2, 0) is 9.59 Å². The van der Waals surface area contributed by atoms with Gasteiger partial charge in [0.25, 0.3) is 0 Å². The molecular formula is C18H26N2O2. The quantitative estimate of drug-likeness (QED) is 0.752. The van der Waals surface area contributed by atoms with Gasteiger partial charge in [-0.3, -0.25) is 9.59 Å². The number of allylic oxidation sites excluding steroid dienone is 2. The third-order valence-corrected chi connectivity index (χ3v) is 5.58. The van der Waals surface area contributed by atoms with Crippen molar-refractivity contribution in [1.82, 2.24) is 9.80 Å². The summed E-state index contributed by atoms with van der Waals surface area (Å²) in [6.07, 6.45) is 12.3. The van der Waals surface area contributed by atoms with Crippen LogP contribution in [0.4, 0.5) is 0 Å². The Morgan fingerprint density at radius 3 is 2.77 bits per heavy atom. The molecular weight excluding hydrogens is 276 g/mol. The maximum Gasteiger partial charge on any atom is 0.226 e. The van der Waals surface area contributed by atoms with Gasteiger partial charge in [0.05, 0.1) is 0 Å². The highest BCUT2D eigenvalue weighted by Crippen LogP contribution is 2.39. The fourth-order valence-corrected chi connectivity index (χ4v) is 4.29. The predicted molar refractivity (Wildman–Crippen MR) is 86.2 cm³/mol. The van der Waals surface area contributed by atoms with Gasteiger partial charge < -0.3 is 9.80 Å². The molecule has 0 aromatic heterocycles. The zero-order chi connectivity index (χ0) is 15.6. The average molecular weight is 302 g/mol. The largest absolute Gasteiger partial charge is 0.342 e. The van der Waals surface area contributed by atoms with Crippen molar-refractivity contribution < 1.29 is 9.59 Å². The molecule has 4 heteroatoms. The first-order valence-corrected chi connectivity index (χ1v) is 8.51. The van der Waals surface area contributed by atoms with Crippen LogP contribution in [-0.4, -0.2) is 46.8 Å². The summed E-state index contributed by atoms with van der Waals surface area (Å²) < 4.78 is 0. The van der Waals surface area contributed by atoms with Crippen LogP contribution in [0.1, 0.15) is 44.9 Å². The van der Waals surface area contributed by atoms with E-state index in [1.807, 2.05) is 15.9 Å². The lowest BCUT2D eigenvalue weighted by Gasteiger charge is -2.37. The molecule has 0 N–H and O–H groups in total. The molecule has 1 spiro atoms. The highest BCUT2D eigenvalue weighted by atomic mass is 16.2. The highest BCUT2D eigenvalue weighted by molar-refractivity contribution is 5.81. The van der Waals surface area contributed by atoms with Crippen LogP contribution in [0, 0.1) is 5.92 Å². The van der Waals surface area contributed by atoms with Crippen molar-refractivity contribution >= 4 is 11.8 Å². The topological polar surface area (TPSA) is 40.6 Å². The third-order valence-electron chi connectivity index (χ3n) is 5.58. The summed E-state index contributed by atoms with van der Waals surface area (Å²) in [5.74, 6) is 0.713. The van der Waals surface area contributed by atoms with Crippen molar-refractivity contribution in [3.8, 4) is 0 Å². The highest BCUT2D eigenvalue weighted by Gasteiger charge is 2.45. The molecule has 2 heterocycles. The predicted octanol–water partition coefficient (Wildman–Crippen LogP) is 2.51. The first kappa shape index (κ1) is 15.3. The van der Waals surface area contributed by atoms with E-state index in [9.17, 15) is 9.59 Å². The second-order valence-corrected chi connectivity index (χ2v) is 6.84. The minimum absolute atomic E-state index is 0.0335. The first-order chi connectivity index (χ1) is 10.7. The normalized spacial score (nSPS) is 29.4. The molecule has 0 aromatic rings. The average Bonchev–Trinajstić information content (AvgIpc) is 3.08. The van der Waals surface area contributed by atoms with E-state index in [1.165, 1.54) is 0 Å². The smallest absolute Gasteiger partial charge is 0.226 e. The minimum atomic E-state index is -0.0335. The molecule has 0 saturated carbocycles. The lowest BCUT2D eigenvalue weighted by atomic mass is 9.87. The molecule has 0 unspecified atom stereocenters. The minimum Gasteiger partial charge on any atom is -0.342 e.